The summed E-state index contributed by atoms with van der Waals surface area (Å²) < 4.78 is 0. The molecule has 4 heteroatoms. The van der Waals surface area contributed by atoms with E-state index in [9.17, 15) is 4.79 Å². The van der Waals surface area contributed by atoms with Crippen molar-refractivity contribution in [2.45, 2.75) is 50.6 Å². The average Bonchev–Trinajstić information content (AvgIpc) is 2.71. The second-order valence-corrected chi connectivity index (χ2v) is 4.72. The van der Waals surface area contributed by atoms with E-state index < -0.39 is 6.09 Å². The van der Waals surface area contributed by atoms with Gasteiger partial charge in [0.2, 0.25) is 0 Å². The lowest BCUT2D eigenvalue weighted by Gasteiger charge is -2.33. The third-order valence-electron chi connectivity index (χ3n) is 3.52. The third-order valence-corrected chi connectivity index (χ3v) is 3.52. The molecular formula is C11H20N2O2. The zero-order valence-electron chi connectivity index (χ0n) is 9.11. The van der Waals surface area contributed by atoms with Gasteiger partial charge in [-0.3, -0.25) is 0 Å². The van der Waals surface area contributed by atoms with Crippen LogP contribution in [0.5, 0.6) is 0 Å². The fraction of sp³-hybridized carbons (Fsp3) is 0.909. The van der Waals surface area contributed by atoms with Crippen LogP contribution in [-0.2, 0) is 0 Å². The van der Waals surface area contributed by atoms with Gasteiger partial charge in [-0.1, -0.05) is 12.8 Å². The molecule has 1 saturated heterocycles. The first kappa shape index (κ1) is 10.7. The summed E-state index contributed by atoms with van der Waals surface area (Å²) in [5.74, 6) is 0. The van der Waals surface area contributed by atoms with Crippen LogP contribution in [0.4, 0.5) is 4.79 Å². The van der Waals surface area contributed by atoms with Gasteiger partial charge in [0.1, 0.15) is 0 Å². The van der Waals surface area contributed by atoms with E-state index in [-0.39, 0.29) is 0 Å². The number of nitrogens with one attached hydrogen (secondary N) is 1. The molecule has 0 bridgehead atoms. The van der Waals surface area contributed by atoms with Gasteiger partial charge in [-0.2, -0.15) is 0 Å². The number of carbonyl (C=O) groups is 1. The predicted octanol–water partition coefficient (Wildman–Crippen LogP) is 1.66. The SMILES string of the molecule is O=C(O)N1CCC[C@H](NC2CCCC2)C1. The van der Waals surface area contributed by atoms with Crippen LogP contribution in [0.3, 0.4) is 0 Å². The van der Waals surface area contributed by atoms with Crippen LogP contribution in [0.2, 0.25) is 0 Å². The molecule has 86 valence electrons. The second kappa shape index (κ2) is 4.84. The quantitative estimate of drug-likeness (QED) is 0.732. The lowest BCUT2D eigenvalue weighted by Crippen LogP contribution is -2.49. The Morgan fingerprint density at radius 3 is 2.47 bits per heavy atom. The molecule has 4 nitrogen and oxygen atoms in total. The lowest BCUT2D eigenvalue weighted by atomic mass is 10.0. The first-order chi connectivity index (χ1) is 7.25. The first-order valence-electron chi connectivity index (χ1n) is 5.99. The van der Waals surface area contributed by atoms with Gasteiger partial charge in [0, 0.05) is 25.2 Å². The first-order valence-corrected chi connectivity index (χ1v) is 5.99. The van der Waals surface area contributed by atoms with E-state index in [4.69, 9.17) is 5.11 Å². The van der Waals surface area contributed by atoms with Crippen LogP contribution in [0.25, 0.3) is 0 Å². The van der Waals surface area contributed by atoms with Crippen molar-refractivity contribution < 1.29 is 9.90 Å². The molecule has 0 unspecified atom stereocenters. The topological polar surface area (TPSA) is 52.6 Å². The summed E-state index contributed by atoms with van der Waals surface area (Å²) in [5, 5.41) is 12.5. The minimum Gasteiger partial charge on any atom is -0.465 e. The molecule has 15 heavy (non-hydrogen) atoms. The number of hydrogen-bond acceptors (Lipinski definition) is 2. The number of nitrogens with zero attached hydrogens (tertiary/aromatic N) is 1. The van der Waals surface area contributed by atoms with Crippen LogP contribution in [0.15, 0.2) is 0 Å². The minimum atomic E-state index is -0.770. The maximum absolute atomic E-state index is 10.8. The van der Waals surface area contributed by atoms with Gasteiger partial charge in [-0.25, -0.2) is 4.79 Å². The summed E-state index contributed by atoms with van der Waals surface area (Å²) in [4.78, 5) is 12.4. The van der Waals surface area contributed by atoms with Crippen molar-refractivity contribution in [3.05, 3.63) is 0 Å². The Morgan fingerprint density at radius 1 is 1.13 bits per heavy atom. The van der Waals surface area contributed by atoms with Crippen molar-refractivity contribution in [1.82, 2.24) is 10.2 Å². The molecule has 2 rings (SSSR count). The normalized spacial score (nSPS) is 28.3. The van der Waals surface area contributed by atoms with Gasteiger partial charge in [0.05, 0.1) is 0 Å². The van der Waals surface area contributed by atoms with Crippen LogP contribution in [0.1, 0.15) is 38.5 Å². The van der Waals surface area contributed by atoms with Crippen molar-refractivity contribution in [3.63, 3.8) is 0 Å². The van der Waals surface area contributed by atoms with Crippen LogP contribution >= 0.6 is 0 Å². The molecule has 0 aromatic carbocycles. The van der Waals surface area contributed by atoms with Gasteiger partial charge in [-0.15, -0.1) is 0 Å². The summed E-state index contributed by atoms with van der Waals surface area (Å²) in [5.41, 5.74) is 0. The summed E-state index contributed by atoms with van der Waals surface area (Å²) in [6.45, 7) is 1.38. The van der Waals surface area contributed by atoms with Crippen molar-refractivity contribution in [2.75, 3.05) is 13.1 Å². The summed E-state index contributed by atoms with van der Waals surface area (Å²) in [6, 6.07) is 1.03. The van der Waals surface area contributed by atoms with E-state index in [2.05, 4.69) is 5.32 Å². The van der Waals surface area contributed by atoms with Crippen molar-refractivity contribution in [3.8, 4) is 0 Å². The van der Waals surface area contributed by atoms with Crippen molar-refractivity contribution in [2.24, 2.45) is 0 Å². The Hall–Kier alpha value is -0.770. The number of piperidine rings is 1. The molecule has 1 atom stereocenters. The highest BCUT2D eigenvalue weighted by atomic mass is 16.4. The standard InChI is InChI=1S/C11H20N2O2/c14-11(15)13-7-3-6-10(8-13)12-9-4-1-2-5-9/h9-10,12H,1-8H2,(H,14,15)/t10-/m0/s1. The molecule has 1 aliphatic heterocycles. The van der Waals surface area contributed by atoms with Gasteiger partial charge < -0.3 is 15.3 Å². The summed E-state index contributed by atoms with van der Waals surface area (Å²) >= 11 is 0. The van der Waals surface area contributed by atoms with E-state index in [0.717, 1.165) is 12.8 Å². The van der Waals surface area contributed by atoms with Crippen molar-refractivity contribution >= 4 is 6.09 Å². The molecule has 2 N–H and O–H groups in total. The maximum Gasteiger partial charge on any atom is 0.407 e. The Labute approximate surface area is 90.6 Å². The molecule has 2 fully saturated rings. The molecular weight excluding hydrogens is 192 g/mol. The van der Waals surface area contributed by atoms with E-state index >= 15 is 0 Å². The zero-order valence-corrected chi connectivity index (χ0v) is 9.11. The maximum atomic E-state index is 10.8. The molecule has 2 aliphatic rings. The highest BCUT2D eigenvalue weighted by Gasteiger charge is 2.25. The Morgan fingerprint density at radius 2 is 1.80 bits per heavy atom. The van der Waals surface area contributed by atoms with Crippen LogP contribution in [0, 0.1) is 0 Å². The molecule has 1 aliphatic carbocycles. The molecule has 1 amide bonds. The Balaban J connectivity index is 1.79. The lowest BCUT2D eigenvalue weighted by molar-refractivity contribution is 0.124. The van der Waals surface area contributed by atoms with E-state index in [1.807, 2.05) is 0 Å². The highest BCUT2D eigenvalue weighted by Crippen LogP contribution is 2.20. The monoisotopic (exact) mass is 212 g/mol. The molecule has 0 spiro atoms. The van der Waals surface area contributed by atoms with E-state index in [1.165, 1.54) is 30.6 Å². The minimum absolute atomic E-state index is 0.387. The number of amides is 1. The smallest absolute Gasteiger partial charge is 0.407 e. The summed E-state index contributed by atoms with van der Waals surface area (Å²) in [6.07, 6.45) is 6.54. The Kier molecular flexibility index (Phi) is 3.46. The zero-order chi connectivity index (χ0) is 10.7. The predicted molar refractivity (Wildman–Crippen MR) is 58.0 cm³/mol. The van der Waals surface area contributed by atoms with Crippen LogP contribution < -0.4 is 5.32 Å². The van der Waals surface area contributed by atoms with Gasteiger partial charge in [0.25, 0.3) is 0 Å². The van der Waals surface area contributed by atoms with E-state index in [0.29, 0.717) is 25.2 Å². The second-order valence-electron chi connectivity index (χ2n) is 4.72. The number of hydrogen-bond donors (Lipinski definition) is 2. The molecule has 1 heterocycles. The highest BCUT2D eigenvalue weighted by molar-refractivity contribution is 5.65. The largest absolute Gasteiger partial charge is 0.465 e. The number of carboxylic acid groups (broad SMARTS) is 1. The molecule has 1 saturated carbocycles. The van der Waals surface area contributed by atoms with Crippen LogP contribution in [-0.4, -0.2) is 41.3 Å². The number of rotatable bonds is 2. The molecule has 0 radical (unpaired) electrons. The van der Waals surface area contributed by atoms with Gasteiger partial charge >= 0.3 is 6.09 Å². The molecule has 0 aromatic heterocycles. The van der Waals surface area contributed by atoms with Gasteiger partial charge in [-0.05, 0) is 25.7 Å². The molecule has 0 aromatic rings. The fourth-order valence-corrected chi connectivity index (χ4v) is 2.71. The number of likely N-dealkylation sites (tertiary alicyclic amines) is 1. The Bertz CT molecular complexity index is 227. The third kappa shape index (κ3) is 2.84. The van der Waals surface area contributed by atoms with E-state index in [1.54, 1.807) is 0 Å². The summed E-state index contributed by atoms with van der Waals surface area (Å²) in [7, 11) is 0. The van der Waals surface area contributed by atoms with Crippen molar-refractivity contribution in [1.29, 1.82) is 0 Å². The average molecular weight is 212 g/mol. The van der Waals surface area contributed by atoms with Gasteiger partial charge in [0.15, 0.2) is 0 Å². The fourth-order valence-electron chi connectivity index (χ4n) is 2.71.